The third-order valence-corrected chi connectivity index (χ3v) is 2.40. The van der Waals surface area contributed by atoms with Crippen LogP contribution in [0.2, 0.25) is 0 Å². The molecule has 1 heterocycles. The van der Waals surface area contributed by atoms with Gasteiger partial charge in [0.15, 0.2) is 0 Å². The Morgan fingerprint density at radius 1 is 1.14 bits per heavy atom. The van der Waals surface area contributed by atoms with Gasteiger partial charge in [0.05, 0.1) is 5.69 Å². The topological polar surface area (TPSA) is 52.9 Å². The Balaban J connectivity index is 3.22. The number of hydrogen-bond donors (Lipinski definition) is 1. The maximum Gasteiger partial charge on any atom is 0.290 e. The summed E-state index contributed by atoms with van der Waals surface area (Å²) in [6, 6.07) is 0. The smallest absolute Gasteiger partial charge is 0.290 e. The summed E-state index contributed by atoms with van der Waals surface area (Å²) in [4.78, 5) is 11.7. The fourth-order valence-corrected chi connectivity index (χ4v) is 1.66. The largest absolute Gasteiger partial charge is 0.393 e. The SMILES string of the molecule is CCCn1c(C)c(N)c(=O)n1CCC. The molecule has 0 bridgehead atoms. The molecular formula is C10H19N3O. The van der Waals surface area contributed by atoms with Gasteiger partial charge in [-0.3, -0.25) is 9.48 Å². The van der Waals surface area contributed by atoms with Crippen molar-refractivity contribution in [3.05, 3.63) is 16.0 Å². The van der Waals surface area contributed by atoms with E-state index >= 15 is 0 Å². The van der Waals surface area contributed by atoms with E-state index in [9.17, 15) is 4.79 Å². The van der Waals surface area contributed by atoms with E-state index in [1.54, 1.807) is 4.68 Å². The van der Waals surface area contributed by atoms with Gasteiger partial charge in [0.1, 0.15) is 5.69 Å². The normalized spacial score (nSPS) is 10.8. The number of nitrogens with two attached hydrogens (primary N) is 1. The first-order valence-corrected chi connectivity index (χ1v) is 5.19. The summed E-state index contributed by atoms with van der Waals surface area (Å²) < 4.78 is 3.73. The minimum Gasteiger partial charge on any atom is -0.393 e. The van der Waals surface area contributed by atoms with Gasteiger partial charge in [0, 0.05) is 13.1 Å². The average Bonchev–Trinajstić information content (AvgIpc) is 2.36. The Bertz CT molecular complexity index is 362. The Hall–Kier alpha value is -1.19. The lowest BCUT2D eigenvalue weighted by Crippen LogP contribution is -2.24. The Kier molecular flexibility index (Phi) is 3.38. The highest BCUT2D eigenvalue weighted by Crippen LogP contribution is 2.07. The molecule has 14 heavy (non-hydrogen) atoms. The number of hydrogen-bond acceptors (Lipinski definition) is 2. The van der Waals surface area contributed by atoms with Crippen LogP contribution in [0.25, 0.3) is 0 Å². The van der Waals surface area contributed by atoms with Crippen LogP contribution < -0.4 is 11.3 Å². The zero-order valence-corrected chi connectivity index (χ0v) is 9.21. The number of nitrogens with zero attached hydrogens (tertiary/aromatic N) is 2. The third kappa shape index (κ3) is 1.69. The van der Waals surface area contributed by atoms with E-state index in [1.165, 1.54) is 0 Å². The predicted octanol–water partition coefficient (Wildman–Crippen LogP) is 1.36. The molecule has 4 nitrogen and oxygen atoms in total. The van der Waals surface area contributed by atoms with Gasteiger partial charge >= 0.3 is 0 Å². The van der Waals surface area contributed by atoms with Gasteiger partial charge in [-0.2, -0.15) is 0 Å². The van der Waals surface area contributed by atoms with Crippen molar-refractivity contribution < 1.29 is 0 Å². The van der Waals surface area contributed by atoms with Gasteiger partial charge in [-0.05, 0) is 19.8 Å². The van der Waals surface area contributed by atoms with Gasteiger partial charge in [0.2, 0.25) is 0 Å². The number of aromatic nitrogens is 2. The van der Waals surface area contributed by atoms with Crippen molar-refractivity contribution in [3.63, 3.8) is 0 Å². The standard InChI is InChI=1S/C10H19N3O/c1-4-6-12-8(3)9(11)10(14)13(12)7-5-2/h4-7,11H2,1-3H3. The first-order valence-electron chi connectivity index (χ1n) is 5.19. The molecule has 0 amide bonds. The van der Waals surface area contributed by atoms with Crippen LogP contribution in [0.15, 0.2) is 4.79 Å². The summed E-state index contributed by atoms with van der Waals surface area (Å²) in [5.74, 6) is 0. The van der Waals surface area contributed by atoms with E-state index in [2.05, 4.69) is 13.8 Å². The summed E-state index contributed by atoms with van der Waals surface area (Å²) in [5, 5.41) is 0. The summed E-state index contributed by atoms with van der Waals surface area (Å²) in [6.45, 7) is 7.66. The Labute approximate surface area is 84.3 Å². The van der Waals surface area contributed by atoms with Crippen LogP contribution in [-0.4, -0.2) is 9.36 Å². The molecule has 0 fully saturated rings. The van der Waals surface area contributed by atoms with Gasteiger partial charge in [-0.15, -0.1) is 0 Å². The van der Waals surface area contributed by atoms with Crippen LogP contribution in [-0.2, 0) is 13.1 Å². The van der Waals surface area contributed by atoms with Crippen LogP contribution in [0.1, 0.15) is 32.4 Å². The van der Waals surface area contributed by atoms with Gasteiger partial charge in [0.25, 0.3) is 5.56 Å². The van der Waals surface area contributed by atoms with Crippen molar-refractivity contribution in [2.24, 2.45) is 0 Å². The first-order chi connectivity index (χ1) is 6.63. The molecule has 1 aromatic heterocycles. The van der Waals surface area contributed by atoms with Crippen molar-refractivity contribution in [3.8, 4) is 0 Å². The third-order valence-electron chi connectivity index (χ3n) is 2.40. The fourth-order valence-electron chi connectivity index (χ4n) is 1.66. The minimum absolute atomic E-state index is 0.0437. The van der Waals surface area contributed by atoms with Crippen LogP contribution in [0.3, 0.4) is 0 Å². The van der Waals surface area contributed by atoms with Crippen molar-refractivity contribution in [1.29, 1.82) is 0 Å². The zero-order chi connectivity index (χ0) is 10.7. The molecule has 0 spiro atoms. The minimum atomic E-state index is -0.0437. The maximum atomic E-state index is 11.7. The van der Waals surface area contributed by atoms with Crippen LogP contribution >= 0.6 is 0 Å². The number of nitrogen functional groups attached to an aromatic ring is 1. The highest BCUT2D eigenvalue weighted by Gasteiger charge is 2.12. The Morgan fingerprint density at radius 3 is 2.14 bits per heavy atom. The van der Waals surface area contributed by atoms with E-state index in [4.69, 9.17) is 5.73 Å². The quantitative estimate of drug-likeness (QED) is 0.792. The van der Waals surface area contributed by atoms with Crippen molar-refractivity contribution in [2.45, 2.75) is 46.7 Å². The molecule has 1 rings (SSSR count). The zero-order valence-electron chi connectivity index (χ0n) is 9.21. The Morgan fingerprint density at radius 2 is 1.64 bits per heavy atom. The molecule has 2 N–H and O–H groups in total. The molecule has 0 saturated heterocycles. The summed E-state index contributed by atoms with van der Waals surface area (Å²) in [6.07, 6.45) is 1.96. The molecule has 0 aliphatic carbocycles. The lowest BCUT2D eigenvalue weighted by molar-refractivity contribution is 0.428. The highest BCUT2D eigenvalue weighted by atomic mass is 16.1. The molecule has 0 unspecified atom stereocenters. The van der Waals surface area contributed by atoms with E-state index < -0.39 is 0 Å². The molecule has 0 aliphatic heterocycles. The van der Waals surface area contributed by atoms with Crippen LogP contribution in [0, 0.1) is 6.92 Å². The van der Waals surface area contributed by atoms with E-state index in [1.807, 2.05) is 11.6 Å². The molecule has 0 aromatic carbocycles. The van der Waals surface area contributed by atoms with Crippen molar-refractivity contribution >= 4 is 5.69 Å². The summed E-state index contributed by atoms with van der Waals surface area (Å²) in [5.41, 5.74) is 6.96. The summed E-state index contributed by atoms with van der Waals surface area (Å²) in [7, 11) is 0. The van der Waals surface area contributed by atoms with Crippen LogP contribution in [0.5, 0.6) is 0 Å². The molecule has 0 saturated carbocycles. The van der Waals surface area contributed by atoms with Crippen LogP contribution in [0.4, 0.5) is 5.69 Å². The molecule has 0 atom stereocenters. The van der Waals surface area contributed by atoms with Gasteiger partial charge in [-0.25, -0.2) is 4.68 Å². The average molecular weight is 197 g/mol. The second-order valence-corrected chi connectivity index (χ2v) is 3.55. The van der Waals surface area contributed by atoms with Crippen molar-refractivity contribution in [1.82, 2.24) is 9.36 Å². The highest BCUT2D eigenvalue weighted by molar-refractivity contribution is 5.40. The second-order valence-electron chi connectivity index (χ2n) is 3.55. The number of anilines is 1. The monoisotopic (exact) mass is 197 g/mol. The lowest BCUT2D eigenvalue weighted by Gasteiger charge is -2.11. The van der Waals surface area contributed by atoms with Gasteiger partial charge in [-0.1, -0.05) is 13.8 Å². The molecule has 1 aromatic rings. The number of rotatable bonds is 4. The summed E-state index contributed by atoms with van der Waals surface area (Å²) >= 11 is 0. The van der Waals surface area contributed by atoms with E-state index in [0.29, 0.717) is 5.69 Å². The molecule has 80 valence electrons. The molecular weight excluding hydrogens is 178 g/mol. The van der Waals surface area contributed by atoms with E-state index in [-0.39, 0.29) is 5.56 Å². The lowest BCUT2D eigenvalue weighted by atomic mass is 10.4. The fraction of sp³-hybridized carbons (Fsp3) is 0.700. The second kappa shape index (κ2) is 4.35. The predicted molar refractivity (Wildman–Crippen MR) is 58.4 cm³/mol. The van der Waals surface area contributed by atoms with Gasteiger partial charge < -0.3 is 5.73 Å². The molecule has 0 radical (unpaired) electrons. The van der Waals surface area contributed by atoms with Crippen molar-refractivity contribution in [2.75, 3.05) is 5.73 Å². The molecule has 0 aliphatic rings. The van der Waals surface area contributed by atoms with E-state index in [0.717, 1.165) is 31.6 Å². The maximum absolute atomic E-state index is 11.7. The molecule has 4 heteroatoms. The first kappa shape index (κ1) is 10.9.